The minimum atomic E-state index is -0.336. The topological polar surface area (TPSA) is 58.2 Å². The van der Waals surface area contributed by atoms with Crippen molar-refractivity contribution in [2.75, 3.05) is 0 Å². The first-order valence-electron chi connectivity index (χ1n) is 7.25. The lowest BCUT2D eigenvalue weighted by atomic mass is 10.0. The number of amides is 2. The minimum Gasteiger partial charge on any atom is -0.267 e. The molecule has 0 saturated heterocycles. The Balaban J connectivity index is 1.98. The van der Waals surface area contributed by atoms with E-state index in [1.807, 2.05) is 31.2 Å². The third-order valence-electron chi connectivity index (χ3n) is 3.52. The first-order valence-corrected chi connectivity index (χ1v) is 7.25. The van der Waals surface area contributed by atoms with Crippen LogP contribution in [0.1, 0.15) is 51.6 Å². The fraction of sp³-hybridized carbons (Fsp3) is 0.222. The molecule has 0 aliphatic carbocycles. The molecule has 0 radical (unpaired) electrons. The van der Waals surface area contributed by atoms with Gasteiger partial charge in [0.15, 0.2) is 0 Å². The van der Waals surface area contributed by atoms with Crippen LogP contribution < -0.4 is 10.9 Å². The summed E-state index contributed by atoms with van der Waals surface area (Å²) in [5, 5.41) is 0. The molecule has 0 aliphatic heterocycles. The third-order valence-corrected chi connectivity index (χ3v) is 3.52. The number of carbonyl (C=O) groups excluding carboxylic acids is 2. The molecule has 0 atom stereocenters. The predicted octanol–water partition coefficient (Wildman–Crippen LogP) is 3.19. The van der Waals surface area contributed by atoms with Crippen LogP contribution in [0.25, 0.3) is 0 Å². The van der Waals surface area contributed by atoms with E-state index in [0.717, 1.165) is 5.56 Å². The van der Waals surface area contributed by atoms with E-state index in [2.05, 4.69) is 24.7 Å². The largest absolute Gasteiger partial charge is 0.269 e. The Labute approximate surface area is 130 Å². The van der Waals surface area contributed by atoms with E-state index >= 15 is 0 Å². The second-order valence-corrected chi connectivity index (χ2v) is 5.50. The Kier molecular flexibility index (Phi) is 4.94. The molecule has 2 aromatic carbocycles. The molecule has 0 spiro atoms. The Morgan fingerprint density at radius 2 is 1.45 bits per heavy atom. The lowest BCUT2D eigenvalue weighted by Crippen LogP contribution is -2.41. The van der Waals surface area contributed by atoms with Gasteiger partial charge in [-0.15, -0.1) is 0 Å². The Hall–Kier alpha value is -2.62. The Morgan fingerprint density at radius 3 is 2.05 bits per heavy atom. The van der Waals surface area contributed by atoms with E-state index in [4.69, 9.17) is 0 Å². The summed E-state index contributed by atoms with van der Waals surface area (Å²) < 4.78 is 0. The van der Waals surface area contributed by atoms with Crippen LogP contribution in [-0.4, -0.2) is 11.8 Å². The van der Waals surface area contributed by atoms with Gasteiger partial charge in [0.25, 0.3) is 11.8 Å². The highest BCUT2D eigenvalue weighted by molar-refractivity contribution is 5.99. The fourth-order valence-corrected chi connectivity index (χ4v) is 2.10. The number of benzene rings is 2. The molecule has 2 aromatic rings. The Bertz CT molecular complexity index is 676. The van der Waals surface area contributed by atoms with Gasteiger partial charge >= 0.3 is 0 Å². The maximum absolute atomic E-state index is 12.0. The van der Waals surface area contributed by atoms with E-state index in [-0.39, 0.29) is 11.8 Å². The van der Waals surface area contributed by atoms with Crippen LogP contribution in [0.4, 0.5) is 0 Å². The van der Waals surface area contributed by atoms with Crippen molar-refractivity contribution in [2.45, 2.75) is 26.7 Å². The summed E-state index contributed by atoms with van der Waals surface area (Å²) in [6.07, 6.45) is 0. The maximum Gasteiger partial charge on any atom is 0.269 e. The molecule has 0 fully saturated rings. The summed E-state index contributed by atoms with van der Waals surface area (Å²) in [6.45, 7) is 6.04. The number of carbonyl (C=O) groups is 2. The molecule has 0 aromatic heterocycles. The van der Waals surface area contributed by atoms with E-state index < -0.39 is 0 Å². The van der Waals surface area contributed by atoms with E-state index in [1.165, 1.54) is 5.56 Å². The Morgan fingerprint density at radius 1 is 0.864 bits per heavy atom. The number of rotatable bonds is 3. The summed E-state index contributed by atoms with van der Waals surface area (Å²) in [7, 11) is 0. The molecular formula is C18H20N2O2. The molecular weight excluding hydrogens is 276 g/mol. The van der Waals surface area contributed by atoms with Crippen molar-refractivity contribution in [1.29, 1.82) is 0 Å². The van der Waals surface area contributed by atoms with Gasteiger partial charge in [0.05, 0.1) is 0 Å². The normalized spacial score (nSPS) is 10.4. The molecule has 0 heterocycles. The molecule has 0 unspecified atom stereocenters. The number of hydrogen-bond donors (Lipinski definition) is 2. The highest BCUT2D eigenvalue weighted by Gasteiger charge is 2.11. The molecule has 2 rings (SSSR count). The van der Waals surface area contributed by atoms with Gasteiger partial charge < -0.3 is 0 Å². The van der Waals surface area contributed by atoms with Crippen LogP contribution in [0.2, 0.25) is 0 Å². The summed E-state index contributed by atoms with van der Waals surface area (Å²) in [5.41, 5.74) is 7.94. The monoisotopic (exact) mass is 296 g/mol. The number of hydrogen-bond acceptors (Lipinski definition) is 2. The molecule has 4 heteroatoms. The van der Waals surface area contributed by atoms with Crippen molar-refractivity contribution in [3.63, 3.8) is 0 Å². The van der Waals surface area contributed by atoms with Gasteiger partial charge in [0, 0.05) is 11.1 Å². The van der Waals surface area contributed by atoms with Gasteiger partial charge in [-0.3, -0.25) is 20.4 Å². The van der Waals surface area contributed by atoms with Gasteiger partial charge in [-0.2, -0.15) is 0 Å². The molecule has 22 heavy (non-hydrogen) atoms. The summed E-state index contributed by atoms with van der Waals surface area (Å²) in [4.78, 5) is 24.0. The van der Waals surface area contributed by atoms with Crippen molar-refractivity contribution >= 4 is 11.8 Å². The molecule has 2 amide bonds. The molecule has 0 saturated carbocycles. The van der Waals surface area contributed by atoms with Gasteiger partial charge in [0.2, 0.25) is 0 Å². The van der Waals surface area contributed by atoms with Gasteiger partial charge in [0.1, 0.15) is 0 Å². The van der Waals surface area contributed by atoms with E-state index in [9.17, 15) is 9.59 Å². The van der Waals surface area contributed by atoms with Crippen molar-refractivity contribution < 1.29 is 9.59 Å². The van der Waals surface area contributed by atoms with Crippen molar-refractivity contribution in [2.24, 2.45) is 0 Å². The van der Waals surface area contributed by atoms with Crippen molar-refractivity contribution in [3.05, 3.63) is 70.8 Å². The van der Waals surface area contributed by atoms with Gasteiger partial charge in [-0.05, 0) is 42.2 Å². The highest BCUT2D eigenvalue weighted by Crippen LogP contribution is 2.14. The van der Waals surface area contributed by atoms with E-state index in [0.29, 0.717) is 17.0 Å². The van der Waals surface area contributed by atoms with Crippen molar-refractivity contribution in [3.8, 4) is 0 Å². The molecule has 2 N–H and O–H groups in total. The summed E-state index contributed by atoms with van der Waals surface area (Å²) in [5.74, 6) is -0.250. The summed E-state index contributed by atoms with van der Waals surface area (Å²) in [6, 6.07) is 14.6. The van der Waals surface area contributed by atoms with Crippen LogP contribution in [0, 0.1) is 6.92 Å². The van der Waals surface area contributed by atoms with E-state index in [1.54, 1.807) is 24.3 Å². The average molecular weight is 296 g/mol. The first-order chi connectivity index (χ1) is 10.5. The smallest absolute Gasteiger partial charge is 0.267 e. The zero-order chi connectivity index (χ0) is 16.1. The average Bonchev–Trinajstić information content (AvgIpc) is 2.52. The highest BCUT2D eigenvalue weighted by atomic mass is 16.2. The lowest BCUT2D eigenvalue weighted by molar-refractivity contribution is 0.0846. The standard InChI is InChI=1S/C18H20N2O2/c1-12(2)14-8-10-15(11-9-14)17(21)19-20-18(22)16-7-5-4-6-13(16)3/h4-12H,1-3H3,(H,19,21)(H,20,22). The zero-order valence-electron chi connectivity index (χ0n) is 13.0. The second-order valence-electron chi connectivity index (χ2n) is 5.50. The zero-order valence-corrected chi connectivity index (χ0v) is 13.0. The molecule has 114 valence electrons. The number of nitrogens with one attached hydrogen (secondary N) is 2. The predicted molar refractivity (Wildman–Crippen MR) is 86.6 cm³/mol. The SMILES string of the molecule is Cc1ccccc1C(=O)NNC(=O)c1ccc(C(C)C)cc1. The third kappa shape index (κ3) is 3.73. The van der Waals surface area contributed by atoms with Crippen molar-refractivity contribution in [1.82, 2.24) is 10.9 Å². The van der Waals surface area contributed by atoms with Crippen LogP contribution in [-0.2, 0) is 0 Å². The summed E-state index contributed by atoms with van der Waals surface area (Å²) >= 11 is 0. The first kappa shape index (κ1) is 15.8. The van der Waals surface area contributed by atoms with Gasteiger partial charge in [-0.1, -0.05) is 44.2 Å². The number of hydrazine groups is 1. The van der Waals surface area contributed by atoms with Crippen LogP contribution >= 0.6 is 0 Å². The van der Waals surface area contributed by atoms with Crippen LogP contribution in [0.15, 0.2) is 48.5 Å². The molecule has 0 aliphatic rings. The molecule has 0 bridgehead atoms. The number of aryl methyl sites for hydroxylation is 1. The van der Waals surface area contributed by atoms with Crippen LogP contribution in [0.3, 0.4) is 0 Å². The molecule has 4 nitrogen and oxygen atoms in total. The lowest BCUT2D eigenvalue weighted by Gasteiger charge is -2.10. The van der Waals surface area contributed by atoms with Gasteiger partial charge in [-0.25, -0.2) is 0 Å². The maximum atomic E-state index is 12.0. The van der Waals surface area contributed by atoms with Crippen LogP contribution in [0.5, 0.6) is 0 Å². The minimum absolute atomic E-state index is 0.328. The fourth-order valence-electron chi connectivity index (χ4n) is 2.10. The second kappa shape index (κ2) is 6.89. The quantitative estimate of drug-likeness (QED) is 0.855.